The Kier molecular flexibility index (Phi) is 4.65. The van der Waals surface area contributed by atoms with Crippen LogP contribution in [0.5, 0.6) is 0 Å². The monoisotopic (exact) mass is 288 g/mol. The molecule has 0 N–H and O–H groups in total. The summed E-state index contributed by atoms with van der Waals surface area (Å²) in [5.74, 6) is -0.170. The molecule has 1 aromatic carbocycles. The summed E-state index contributed by atoms with van der Waals surface area (Å²) >= 11 is 0. The van der Waals surface area contributed by atoms with Crippen molar-refractivity contribution >= 4 is 24.1 Å². The zero-order valence-corrected chi connectivity index (χ0v) is 11.3. The van der Waals surface area contributed by atoms with Gasteiger partial charge in [-0.3, -0.25) is 19.7 Å². The minimum absolute atomic E-state index is 0.135. The lowest BCUT2D eigenvalue weighted by Gasteiger charge is -2.31. The molecule has 21 heavy (non-hydrogen) atoms. The normalized spacial score (nSPS) is 15.2. The average Bonchev–Trinajstić information content (AvgIpc) is 2.53. The predicted molar refractivity (Wildman–Crippen MR) is 75.2 cm³/mol. The van der Waals surface area contributed by atoms with Crippen LogP contribution in [-0.2, 0) is 9.59 Å². The van der Waals surface area contributed by atoms with Gasteiger partial charge in [-0.05, 0) is 17.7 Å². The lowest BCUT2D eigenvalue weighted by Crippen LogP contribution is -2.47. The van der Waals surface area contributed by atoms with Crippen LogP contribution >= 0.6 is 0 Å². The number of nitro groups is 1. The van der Waals surface area contributed by atoms with E-state index in [1.54, 1.807) is 15.9 Å². The number of piperazine rings is 1. The minimum atomic E-state index is -0.530. The quantitative estimate of drug-likeness (QED) is 0.353. The number of hydrogen-bond donors (Lipinski definition) is 0. The molecule has 2 rings (SSSR count). The first-order chi connectivity index (χ1) is 10.1. The first-order valence-electron chi connectivity index (χ1n) is 6.42. The highest BCUT2D eigenvalue weighted by atomic mass is 16.6. The Morgan fingerprint density at radius 1 is 1.33 bits per heavy atom. The zero-order valence-electron chi connectivity index (χ0n) is 11.3. The van der Waals surface area contributed by atoms with Gasteiger partial charge in [-0.2, -0.15) is 0 Å². The summed E-state index contributed by atoms with van der Waals surface area (Å²) in [6.07, 6.45) is 3.70. The largest absolute Gasteiger partial charge is 0.342 e. The van der Waals surface area contributed by atoms with E-state index in [1.807, 2.05) is 0 Å². The minimum Gasteiger partial charge on any atom is -0.342 e. The van der Waals surface area contributed by atoms with Crippen LogP contribution in [0, 0.1) is 16.2 Å². The van der Waals surface area contributed by atoms with Gasteiger partial charge in [0.15, 0.2) is 0 Å². The summed E-state index contributed by atoms with van der Waals surface area (Å²) in [4.78, 5) is 35.9. The highest BCUT2D eigenvalue weighted by Gasteiger charge is 2.18. The van der Waals surface area contributed by atoms with Gasteiger partial charge in [-0.25, -0.2) is 0 Å². The van der Waals surface area contributed by atoms with E-state index in [1.165, 1.54) is 24.3 Å². The van der Waals surface area contributed by atoms with Crippen LogP contribution in [0.15, 0.2) is 24.3 Å². The standard InChI is InChI=1S/C14H14N3O4/c18-11-15-6-8-16(9-7-15)14(19)5-4-12-2-1-3-13(10-12)17(20)21/h1-2,4-5,10-11H,6-9H2/b5-4+. The smallest absolute Gasteiger partial charge is 0.278 e. The van der Waals surface area contributed by atoms with Crippen LogP contribution in [0.3, 0.4) is 0 Å². The third-order valence-electron chi connectivity index (χ3n) is 3.20. The maximum Gasteiger partial charge on any atom is 0.278 e. The second-order valence-corrected chi connectivity index (χ2v) is 4.56. The van der Waals surface area contributed by atoms with Crippen molar-refractivity contribution in [2.24, 2.45) is 0 Å². The number of non-ortho nitro benzene ring substituents is 1. The lowest BCUT2D eigenvalue weighted by molar-refractivity contribution is -0.385. The van der Waals surface area contributed by atoms with Gasteiger partial charge in [-0.1, -0.05) is 6.07 Å². The molecule has 0 aliphatic carbocycles. The number of nitrogens with zero attached hydrogens (tertiary/aromatic N) is 3. The summed E-state index contributed by atoms with van der Waals surface area (Å²) in [5.41, 5.74) is 0.435. The van der Waals surface area contributed by atoms with Crippen molar-refractivity contribution in [2.75, 3.05) is 26.2 Å². The van der Waals surface area contributed by atoms with Gasteiger partial charge in [0.05, 0.1) is 11.0 Å². The topological polar surface area (TPSA) is 83.8 Å². The van der Waals surface area contributed by atoms with Crippen LogP contribution in [-0.4, -0.2) is 53.2 Å². The fraction of sp³-hybridized carbons (Fsp3) is 0.286. The Hall–Kier alpha value is -2.70. The number of benzene rings is 1. The van der Waals surface area contributed by atoms with E-state index >= 15 is 0 Å². The molecule has 0 atom stereocenters. The Labute approximate surface area is 121 Å². The first kappa shape index (κ1) is 14.7. The van der Waals surface area contributed by atoms with E-state index in [2.05, 4.69) is 6.07 Å². The van der Waals surface area contributed by atoms with Crippen molar-refractivity contribution in [1.82, 2.24) is 9.80 Å². The SMILES string of the molecule is O=CN1CCN(C(=O)/C=C/c2cc[c]c([N+](=O)[O-])c2)CC1. The summed E-state index contributed by atoms with van der Waals surface area (Å²) in [5, 5.41) is 10.6. The first-order valence-corrected chi connectivity index (χ1v) is 6.42. The van der Waals surface area contributed by atoms with Crippen molar-refractivity contribution < 1.29 is 14.5 Å². The number of carbonyl (C=O) groups is 2. The van der Waals surface area contributed by atoms with Gasteiger partial charge in [-0.15, -0.1) is 0 Å². The Bertz CT molecular complexity index is 577. The molecule has 1 aromatic rings. The average molecular weight is 288 g/mol. The van der Waals surface area contributed by atoms with E-state index in [0.717, 1.165) is 6.41 Å². The number of rotatable bonds is 4. The maximum atomic E-state index is 12.0. The molecule has 1 saturated heterocycles. The van der Waals surface area contributed by atoms with E-state index < -0.39 is 4.92 Å². The molecule has 1 aliphatic heterocycles. The fourth-order valence-corrected chi connectivity index (χ4v) is 2.00. The molecule has 7 nitrogen and oxygen atoms in total. The number of nitro benzene ring substituents is 1. The van der Waals surface area contributed by atoms with Crippen molar-refractivity contribution in [1.29, 1.82) is 0 Å². The predicted octanol–water partition coefficient (Wildman–Crippen LogP) is 0.709. The second kappa shape index (κ2) is 6.65. The molecule has 1 aliphatic rings. The fourth-order valence-electron chi connectivity index (χ4n) is 2.00. The Balaban J connectivity index is 1.97. The number of amides is 2. The molecule has 2 amide bonds. The van der Waals surface area contributed by atoms with Crippen molar-refractivity contribution in [3.63, 3.8) is 0 Å². The number of carbonyl (C=O) groups excluding carboxylic acids is 2. The Morgan fingerprint density at radius 2 is 2.05 bits per heavy atom. The van der Waals surface area contributed by atoms with Crippen LogP contribution in [0.25, 0.3) is 6.08 Å². The van der Waals surface area contributed by atoms with Crippen LogP contribution in [0.4, 0.5) is 5.69 Å². The summed E-state index contributed by atoms with van der Waals surface area (Å²) < 4.78 is 0. The molecule has 1 fully saturated rings. The molecule has 1 radical (unpaired) electrons. The van der Waals surface area contributed by atoms with Gasteiger partial charge in [0.1, 0.15) is 0 Å². The molecule has 7 heteroatoms. The van der Waals surface area contributed by atoms with Crippen molar-refractivity contribution in [3.05, 3.63) is 46.0 Å². The zero-order chi connectivity index (χ0) is 15.2. The van der Waals surface area contributed by atoms with E-state index in [4.69, 9.17) is 0 Å². The highest BCUT2D eigenvalue weighted by Crippen LogP contribution is 2.13. The maximum absolute atomic E-state index is 12.0. The highest BCUT2D eigenvalue weighted by molar-refractivity contribution is 5.92. The van der Waals surface area contributed by atoms with Crippen LogP contribution in [0.2, 0.25) is 0 Å². The third kappa shape index (κ3) is 3.88. The van der Waals surface area contributed by atoms with Gasteiger partial charge in [0, 0.05) is 38.3 Å². The molecule has 0 spiro atoms. The Morgan fingerprint density at radius 3 is 2.67 bits per heavy atom. The van der Waals surface area contributed by atoms with Crippen LogP contribution < -0.4 is 0 Å². The van der Waals surface area contributed by atoms with E-state index in [-0.39, 0.29) is 11.6 Å². The van der Waals surface area contributed by atoms with E-state index in [0.29, 0.717) is 31.7 Å². The molecule has 0 aromatic heterocycles. The molecule has 0 saturated carbocycles. The van der Waals surface area contributed by atoms with Crippen LogP contribution in [0.1, 0.15) is 5.56 Å². The number of hydrogen-bond acceptors (Lipinski definition) is 4. The molecular weight excluding hydrogens is 274 g/mol. The van der Waals surface area contributed by atoms with E-state index in [9.17, 15) is 19.7 Å². The molecule has 0 bridgehead atoms. The van der Waals surface area contributed by atoms with Gasteiger partial charge < -0.3 is 9.80 Å². The molecule has 1 heterocycles. The van der Waals surface area contributed by atoms with Gasteiger partial charge >= 0.3 is 0 Å². The van der Waals surface area contributed by atoms with Crippen molar-refractivity contribution in [3.8, 4) is 0 Å². The second-order valence-electron chi connectivity index (χ2n) is 4.56. The third-order valence-corrected chi connectivity index (χ3v) is 3.20. The molecule has 109 valence electrons. The summed E-state index contributed by atoms with van der Waals surface area (Å²) in [7, 11) is 0. The molecular formula is C14H14N3O4. The van der Waals surface area contributed by atoms with Gasteiger partial charge in [0.25, 0.3) is 5.69 Å². The molecule has 0 unspecified atom stereocenters. The lowest BCUT2D eigenvalue weighted by atomic mass is 10.2. The summed E-state index contributed by atoms with van der Waals surface area (Å²) in [6, 6.07) is 6.95. The summed E-state index contributed by atoms with van der Waals surface area (Å²) in [6.45, 7) is 2.03. The van der Waals surface area contributed by atoms with Crippen molar-refractivity contribution in [2.45, 2.75) is 0 Å². The van der Waals surface area contributed by atoms with Gasteiger partial charge in [0.2, 0.25) is 12.3 Å².